The lowest BCUT2D eigenvalue weighted by molar-refractivity contribution is -0.120. The summed E-state index contributed by atoms with van der Waals surface area (Å²) in [5, 5.41) is 6.12. The number of anilines is 2. The fourth-order valence-corrected chi connectivity index (χ4v) is 1.48. The molecule has 0 atom stereocenters. The highest BCUT2D eigenvalue weighted by atomic mass is 35.5. The topological polar surface area (TPSA) is 80.0 Å². The molecule has 0 aliphatic heterocycles. The third-order valence-electron chi connectivity index (χ3n) is 2.05. The molecular weight excluding hydrogens is 240 g/mol. The summed E-state index contributed by atoms with van der Waals surface area (Å²) in [6.45, 7) is 3.22. The van der Waals surface area contributed by atoms with Crippen molar-refractivity contribution in [3.05, 3.63) is 17.3 Å². The van der Waals surface area contributed by atoms with Crippen molar-refractivity contribution in [3.8, 4) is 0 Å². The number of pyridine rings is 1. The van der Waals surface area contributed by atoms with Gasteiger partial charge in [0.05, 0.1) is 0 Å². The number of aromatic nitrogens is 1. The number of hydrogen-bond acceptors (Lipinski definition) is 4. The zero-order valence-corrected chi connectivity index (χ0v) is 10.5. The van der Waals surface area contributed by atoms with Crippen molar-refractivity contribution in [2.24, 2.45) is 0 Å². The van der Waals surface area contributed by atoms with Gasteiger partial charge in [-0.25, -0.2) is 4.98 Å². The Morgan fingerprint density at radius 2 is 2.24 bits per heavy atom. The van der Waals surface area contributed by atoms with Gasteiger partial charge in [0.1, 0.15) is 11.0 Å². The first kappa shape index (κ1) is 13.6. The lowest BCUT2D eigenvalue weighted by atomic mass is 10.3. The van der Waals surface area contributed by atoms with Crippen molar-refractivity contribution in [3.63, 3.8) is 0 Å². The molecule has 94 valence electrons. The largest absolute Gasteiger partial charge is 0.399 e. The second-order valence-electron chi connectivity index (χ2n) is 3.64. The predicted octanol–water partition coefficient (Wildman–Crippen LogP) is 1.65. The normalized spacial score (nSPS) is 10.0. The maximum Gasteiger partial charge on any atom is 0.221 e. The second-order valence-corrected chi connectivity index (χ2v) is 4.02. The molecule has 0 saturated carbocycles. The maximum absolute atomic E-state index is 11.3. The number of carbonyl (C=O) groups excluding carboxylic acids is 1. The highest BCUT2D eigenvalue weighted by Gasteiger charge is 2.01. The smallest absolute Gasteiger partial charge is 0.221 e. The Morgan fingerprint density at radius 3 is 2.88 bits per heavy atom. The third-order valence-corrected chi connectivity index (χ3v) is 2.24. The zero-order chi connectivity index (χ0) is 12.7. The van der Waals surface area contributed by atoms with Crippen LogP contribution in [0.3, 0.4) is 0 Å². The van der Waals surface area contributed by atoms with Crippen LogP contribution in [0.25, 0.3) is 0 Å². The van der Waals surface area contributed by atoms with Crippen LogP contribution in [0, 0.1) is 0 Å². The molecule has 17 heavy (non-hydrogen) atoms. The molecule has 0 spiro atoms. The molecule has 1 rings (SSSR count). The van der Waals surface area contributed by atoms with E-state index in [2.05, 4.69) is 15.6 Å². The number of hydrogen-bond donors (Lipinski definition) is 3. The van der Waals surface area contributed by atoms with Crippen LogP contribution in [0.2, 0.25) is 5.15 Å². The maximum atomic E-state index is 11.3. The van der Waals surface area contributed by atoms with Gasteiger partial charge in [0.15, 0.2) is 0 Å². The molecule has 1 heterocycles. The van der Waals surface area contributed by atoms with Gasteiger partial charge in [-0.1, -0.05) is 18.5 Å². The molecule has 6 heteroatoms. The first-order chi connectivity index (χ1) is 8.11. The molecule has 0 radical (unpaired) electrons. The Bertz CT molecular complexity index is 363. The number of amides is 1. The number of rotatable bonds is 6. The van der Waals surface area contributed by atoms with Crippen molar-refractivity contribution in [2.45, 2.75) is 19.8 Å². The van der Waals surface area contributed by atoms with E-state index in [0.717, 1.165) is 6.42 Å². The molecule has 5 nitrogen and oxygen atoms in total. The number of nitrogens with two attached hydrogens (primary N) is 1. The minimum atomic E-state index is 0.0225. The fraction of sp³-hybridized carbons (Fsp3) is 0.455. The van der Waals surface area contributed by atoms with Gasteiger partial charge < -0.3 is 16.4 Å². The summed E-state index contributed by atoms with van der Waals surface area (Å²) in [6, 6.07) is 3.25. The van der Waals surface area contributed by atoms with Gasteiger partial charge in [-0.2, -0.15) is 0 Å². The van der Waals surface area contributed by atoms with Crippen molar-refractivity contribution in [1.82, 2.24) is 10.3 Å². The summed E-state index contributed by atoms with van der Waals surface area (Å²) in [5.74, 6) is 0.604. The van der Waals surface area contributed by atoms with Gasteiger partial charge >= 0.3 is 0 Å². The van der Waals surface area contributed by atoms with Crippen LogP contribution in [0.1, 0.15) is 19.8 Å². The molecule has 0 unspecified atom stereocenters. The van der Waals surface area contributed by atoms with Crippen LogP contribution in [0.4, 0.5) is 11.5 Å². The lowest BCUT2D eigenvalue weighted by Gasteiger charge is -2.07. The quantitative estimate of drug-likeness (QED) is 0.676. The van der Waals surface area contributed by atoms with Crippen molar-refractivity contribution >= 4 is 29.0 Å². The van der Waals surface area contributed by atoms with Gasteiger partial charge in [-0.05, 0) is 12.5 Å². The number of nitrogen functional groups attached to an aromatic ring is 1. The number of nitrogens with zero attached hydrogens (tertiary/aromatic N) is 1. The standard InChI is InChI=1S/C11H17ClN4O/c1-2-4-15-11(17)3-5-14-10-7-8(13)6-9(12)16-10/h6-7H,2-5H2,1H3,(H,15,17)(H3,13,14,16). The molecule has 1 aromatic heterocycles. The Balaban J connectivity index is 2.33. The Kier molecular flexibility index (Phi) is 5.56. The van der Waals surface area contributed by atoms with Crippen molar-refractivity contribution in [2.75, 3.05) is 24.1 Å². The van der Waals surface area contributed by atoms with Crippen LogP contribution in [0.15, 0.2) is 12.1 Å². The summed E-state index contributed by atoms with van der Waals surface area (Å²) in [5.41, 5.74) is 6.16. The summed E-state index contributed by atoms with van der Waals surface area (Å²) in [7, 11) is 0. The molecule has 4 N–H and O–H groups in total. The minimum absolute atomic E-state index is 0.0225. The number of halogens is 1. The van der Waals surface area contributed by atoms with E-state index in [0.29, 0.717) is 36.2 Å². The average molecular weight is 257 g/mol. The van der Waals surface area contributed by atoms with E-state index >= 15 is 0 Å². The molecule has 0 aromatic carbocycles. The predicted molar refractivity (Wildman–Crippen MR) is 70.1 cm³/mol. The molecule has 0 aliphatic carbocycles. The van der Waals surface area contributed by atoms with E-state index in [1.807, 2.05) is 6.92 Å². The molecule has 0 aliphatic rings. The van der Waals surface area contributed by atoms with Crippen LogP contribution in [-0.2, 0) is 4.79 Å². The average Bonchev–Trinajstić information content (AvgIpc) is 2.25. The first-order valence-electron chi connectivity index (χ1n) is 5.55. The Hall–Kier alpha value is -1.49. The Morgan fingerprint density at radius 1 is 1.47 bits per heavy atom. The molecular formula is C11H17ClN4O. The summed E-state index contributed by atoms with van der Waals surface area (Å²) in [4.78, 5) is 15.3. The lowest BCUT2D eigenvalue weighted by Crippen LogP contribution is -2.25. The highest BCUT2D eigenvalue weighted by molar-refractivity contribution is 6.29. The van der Waals surface area contributed by atoms with E-state index in [9.17, 15) is 4.79 Å². The molecule has 1 amide bonds. The van der Waals surface area contributed by atoms with E-state index in [1.165, 1.54) is 0 Å². The van der Waals surface area contributed by atoms with Crippen LogP contribution < -0.4 is 16.4 Å². The summed E-state index contributed by atoms with van der Waals surface area (Å²) >= 11 is 5.75. The van der Waals surface area contributed by atoms with Crippen molar-refractivity contribution in [1.29, 1.82) is 0 Å². The van der Waals surface area contributed by atoms with Gasteiger partial charge in [-0.3, -0.25) is 4.79 Å². The van der Waals surface area contributed by atoms with E-state index in [1.54, 1.807) is 12.1 Å². The number of carbonyl (C=O) groups is 1. The monoisotopic (exact) mass is 256 g/mol. The van der Waals surface area contributed by atoms with Gasteiger partial charge in [0, 0.05) is 31.3 Å². The van der Waals surface area contributed by atoms with Gasteiger partial charge in [-0.15, -0.1) is 0 Å². The summed E-state index contributed by atoms with van der Waals surface area (Å²) < 4.78 is 0. The molecule has 1 aromatic rings. The van der Waals surface area contributed by atoms with E-state index in [4.69, 9.17) is 17.3 Å². The van der Waals surface area contributed by atoms with Crippen molar-refractivity contribution < 1.29 is 4.79 Å². The minimum Gasteiger partial charge on any atom is -0.399 e. The van der Waals surface area contributed by atoms with E-state index in [-0.39, 0.29) is 5.91 Å². The molecule has 0 fully saturated rings. The Labute approximate surface area is 106 Å². The van der Waals surface area contributed by atoms with E-state index < -0.39 is 0 Å². The first-order valence-corrected chi connectivity index (χ1v) is 5.93. The third kappa shape index (κ3) is 5.40. The fourth-order valence-electron chi connectivity index (χ4n) is 1.26. The summed E-state index contributed by atoms with van der Waals surface area (Å²) in [6.07, 6.45) is 1.33. The van der Waals surface area contributed by atoms with Gasteiger partial charge in [0.25, 0.3) is 0 Å². The SMILES string of the molecule is CCCNC(=O)CCNc1cc(N)cc(Cl)n1. The molecule has 0 bridgehead atoms. The zero-order valence-electron chi connectivity index (χ0n) is 9.79. The van der Waals surface area contributed by atoms with Crippen LogP contribution >= 0.6 is 11.6 Å². The number of nitrogens with one attached hydrogen (secondary N) is 2. The second kappa shape index (κ2) is 6.96. The van der Waals surface area contributed by atoms with Gasteiger partial charge in [0.2, 0.25) is 5.91 Å². The van der Waals surface area contributed by atoms with Crippen LogP contribution in [0.5, 0.6) is 0 Å². The molecule has 0 saturated heterocycles. The van der Waals surface area contributed by atoms with Crippen LogP contribution in [-0.4, -0.2) is 24.0 Å². The highest BCUT2D eigenvalue weighted by Crippen LogP contribution is 2.15.